The summed E-state index contributed by atoms with van der Waals surface area (Å²) in [5.41, 5.74) is 0.137. The fraction of sp³-hybridized carbons (Fsp3) is 0.545. The number of aromatic nitrogens is 3. The van der Waals surface area contributed by atoms with Crippen molar-refractivity contribution in [3.05, 3.63) is 35.4 Å². The number of rotatable bonds is 4. The number of carbonyl (C=O) groups excluding carboxylic acids is 1. The Balaban J connectivity index is 1.54. The Kier molecular flexibility index (Phi) is 6.17. The molecule has 1 unspecified atom stereocenters. The fourth-order valence-electron chi connectivity index (χ4n) is 3.76. The van der Waals surface area contributed by atoms with Crippen molar-refractivity contribution < 1.29 is 32.2 Å². The molecule has 0 aromatic carbocycles. The molecule has 1 fully saturated rings. The first kappa shape index (κ1) is 23.8. The van der Waals surface area contributed by atoms with Crippen LogP contribution < -0.4 is 14.4 Å². The number of halogens is 3. The zero-order chi connectivity index (χ0) is 24.7. The van der Waals surface area contributed by atoms with Crippen molar-refractivity contribution in [1.29, 1.82) is 0 Å². The number of likely N-dealkylation sites (tertiary alicyclic amines) is 1. The smallest absolute Gasteiger partial charge is 0.421 e. The van der Waals surface area contributed by atoms with Crippen LogP contribution in [-0.4, -0.2) is 58.0 Å². The molecule has 1 atom stereocenters. The summed E-state index contributed by atoms with van der Waals surface area (Å²) in [7, 11) is 1.15. The van der Waals surface area contributed by atoms with Crippen LogP contribution in [0.2, 0.25) is 0 Å². The first-order valence-electron chi connectivity index (χ1n) is 10.8. The predicted molar refractivity (Wildman–Crippen MR) is 115 cm³/mol. The van der Waals surface area contributed by atoms with E-state index < -0.39 is 35.5 Å². The van der Waals surface area contributed by atoms with Gasteiger partial charge in [0.2, 0.25) is 11.8 Å². The molecule has 2 aromatic rings. The number of hydrogen-bond acceptors (Lipinski definition) is 8. The van der Waals surface area contributed by atoms with Gasteiger partial charge in [0.25, 0.3) is 0 Å². The maximum absolute atomic E-state index is 13.5. The average Bonchev–Trinajstić information content (AvgIpc) is 2.74. The number of ether oxygens (including phenoxy) is 3. The van der Waals surface area contributed by atoms with Gasteiger partial charge in [-0.25, -0.2) is 19.7 Å². The molecule has 0 bridgehead atoms. The van der Waals surface area contributed by atoms with E-state index in [1.165, 1.54) is 17.4 Å². The summed E-state index contributed by atoms with van der Waals surface area (Å²) >= 11 is 0. The highest BCUT2D eigenvalue weighted by Crippen LogP contribution is 2.38. The number of amides is 1. The van der Waals surface area contributed by atoms with Gasteiger partial charge in [0.1, 0.15) is 17.5 Å². The molecule has 0 radical (unpaired) electrons. The van der Waals surface area contributed by atoms with E-state index in [2.05, 4.69) is 15.0 Å². The Hall–Kier alpha value is -3.31. The number of anilines is 1. The molecule has 9 nitrogen and oxygen atoms in total. The van der Waals surface area contributed by atoms with E-state index >= 15 is 0 Å². The Bertz CT molecular complexity index is 1070. The second-order valence-corrected chi connectivity index (χ2v) is 9.06. The standard InChI is InChI=1S/C22H26F3N5O4/c1-21(2,3)34-20(31)30-8-6-17(30)33-18-14-11-29(7-5-16(14)27-12-28-18)13-9-15(22(23,24)25)19(32-4)26-10-13/h9-10,12,17H,5-8,11H2,1-4H3. The summed E-state index contributed by atoms with van der Waals surface area (Å²) in [6, 6.07) is 1.03. The monoisotopic (exact) mass is 481 g/mol. The van der Waals surface area contributed by atoms with Crippen LogP contribution >= 0.6 is 0 Å². The highest BCUT2D eigenvalue weighted by atomic mass is 19.4. The highest BCUT2D eigenvalue weighted by Gasteiger charge is 2.39. The maximum atomic E-state index is 13.5. The summed E-state index contributed by atoms with van der Waals surface area (Å²) in [5, 5.41) is 0. The van der Waals surface area contributed by atoms with E-state index in [-0.39, 0.29) is 6.54 Å². The number of nitrogens with zero attached hydrogens (tertiary/aromatic N) is 5. The average molecular weight is 481 g/mol. The number of methoxy groups -OCH3 is 1. The molecule has 1 saturated heterocycles. The summed E-state index contributed by atoms with van der Waals surface area (Å²) < 4.78 is 56.6. The minimum absolute atomic E-state index is 0.232. The van der Waals surface area contributed by atoms with Gasteiger partial charge < -0.3 is 19.1 Å². The molecule has 0 spiro atoms. The lowest BCUT2D eigenvalue weighted by Gasteiger charge is -2.41. The van der Waals surface area contributed by atoms with E-state index in [1.54, 1.807) is 25.7 Å². The molecule has 0 aliphatic carbocycles. The van der Waals surface area contributed by atoms with Crippen molar-refractivity contribution >= 4 is 11.8 Å². The number of hydrogen-bond donors (Lipinski definition) is 0. The molecule has 2 aliphatic heterocycles. The minimum Gasteiger partial charge on any atom is -0.481 e. The zero-order valence-corrected chi connectivity index (χ0v) is 19.3. The second-order valence-electron chi connectivity index (χ2n) is 9.06. The quantitative estimate of drug-likeness (QED) is 0.652. The first-order chi connectivity index (χ1) is 16.0. The van der Waals surface area contributed by atoms with Crippen LogP contribution in [-0.2, 0) is 23.9 Å². The van der Waals surface area contributed by atoms with Gasteiger partial charge >= 0.3 is 12.3 Å². The third kappa shape index (κ3) is 4.95. The molecule has 2 aromatic heterocycles. The first-order valence-corrected chi connectivity index (χ1v) is 10.8. The molecule has 1 amide bonds. The molecule has 4 rings (SSSR count). The lowest BCUT2D eigenvalue weighted by molar-refractivity contribution is -0.139. The number of carbonyl (C=O) groups is 1. The van der Waals surface area contributed by atoms with Gasteiger partial charge in [-0.15, -0.1) is 0 Å². The van der Waals surface area contributed by atoms with Crippen LogP contribution in [0.4, 0.5) is 23.7 Å². The third-order valence-electron chi connectivity index (χ3n) is 5.50. The Labute approximate surface area is 194 Å². The van der Waals surface area contributed by atoms with Crippen molar-refractivity contribution in [3.63, 3.8) is 0 Å². The molecule has 34 heavy (non-hydrogen) atoms. The molecule has 2 aliphatic rings. The normalized spacial score (nSPS) is 18.1. The van der Waals surface area contributed by atoms with Gasteiger partial charge in [-0.05, 0) is 26.8 Å². The Morgan fingerprint density at radius 2 is 1.88 bits per heavy atom. The van der Waals surface area contributed by atoms with E-state index in [0.29, 0.717) is 43.1 Å². The topological polar surface area (TPSA) is 89.9 Å². The predicted octanol–water partition coefficient (Wildman–Crippen LogP) is 3.81. The van der Waals surface area contributed by atoms with Gasteiger partial charge in [0, 0.05) is 25.9 Å². The van der Waals surface area contributed by atoms with Gasteiger partial charge in [-0.3, -0.25) is 4.90 Å². The zero-order valence-electron chi connectivity index (χ0n) is 19.3. The van der Waals surface area contributed by atoms with Crippen LogP contribution in [0.3, 0.4) is 0 Å². The van der Waals surface area contributed by atoms with Crippen LogP contribution in [0, 0.1) is 0 Å². The Morgan fingerprint density at radius 1 is 1.12 bits per heavy atom. The largest absolute Gasteiger partial charge is 0.481 e. The number of alkyl halides is 3. The van der Waals surface area contributed by atoms with Gasteiger partial charge in [0.05, 0.1) is 36.8 Å². The van der Waals surface area contributed by atoms with Crippen molar-refractivity contribution in [2.24, 2.45) is 0 Å². The second kappa shape index (κ2) is 8.80. The highest BCUT2D eigenvalue weighted by molar-refractivity contribution is 5.69. The third-order valence-corrected chi connectivity index (χ3v) is 5.50. The Morgan fingerprint density at radius 3 is 2.50 bits per heavy atom. The van der Waals surface area contributed by atoms with Crippen LogP contribution in [0.25, 0.3) is 0 Å². The molecule has 0 N–H and O–H groups in total. The molecule has 4 heterocycles. The molecule has 12 heteroatoms. The molecular formula is C22H26F3N5O4. The summed E-state index contributed by atoms with van der Waals surface area (Å²) in [4.78, 5) is 28.0. The molecule has 0 saturated carbocycles. The van der Waals surface area contributed by atoms with Crippen LogP contribution in [0.15, 0.2) is 18.6 Å². The van der Waals surface area contributed by atoms with Crippen LogP contribution in [0.1, 0.15) is 44.0 Å². The van der Waals surface area contributed by atoms with Crippen LogP contribution in [0.5, 0.6) is 11.8 Å². The lowest BCUT2D eigenvalue weighted by Crippen LogP contribution is -2.55. The maximum Gasteiger partial charge on any atom is 0.421 e. The molecule has 184 valence electrons. The summed E-state index contributed by atoms with van der Waals surface area (Å²) in [5.74, 6) is -0.182. The fourth-order valence-corrected chi connectivity index (χ4v) is 3.76. The number of fused-ring (bicyclic) bond motifs is 1. The van der Waals surface area contributed by atoms with Gasteiger partial charge in [-0.1, -0.05) is 0 Å². The molecular weight excluding hydrogens is 455 g/mol. The summed E-state index contributed by atoms with van der Waals surface area (Å²) in [6.07, 6.45) is -1.78. The SMILES string of the molecule is COc1ncc(N2CCc3ncnc(OC4CCN4C(=O)OC(C)(C)C)c3C2)cc1C(F)(F)F. The summed E-state index contributed by atoms with van der Waals surface area (Å²) in [6.45, 7) is 6.53. The van der Waals surface area contributed by atoms with Crippen molar-refractivity contribution in [3.8, 4) is 11.8 Å². The number of pyridine rings is 1. The van der Waals surface area contributed by atoms with Gasteiger partial charge in [0.15, 0.2) is 6.23 Å². The van der Waals surface area contributed by atoms with E-state index in [4.69, 9.17) is 14.2 Å². The van der Waals surface area contributed by atoms with Crippen molar-refractivity contribution in [1.82, 2.24) is 19.9 Å². The van der Waals surface area contributed by atoms with Gasteiger partial charge in [-0.2, -0.15) is 13.2 Å². The van der Waals surface area contributed by atoms with E-state index in [1.807, 2.05) is 0 Å². The van der Waals surface area contributed by atoms with Crippen molar-refractivity contribution in [2.45, 2.75) is 58.2 Å². The van der Waals surface area contributed by atoms with E-state index in [9.17, 15) is 18.0 Å². The minimum atomic E-state index is -4.60. The lowest BCUT2D eigenvalue weighted by atomic mass is 10.1. The van der Waals surface area contributed by atoms with Crippen molar-refractivity contribution in [2.75, 3.05) is 25.1 Å². The van der Waals surface area contributed by atoms with E-state index in [0.717, 1.165) is 18.9 Å².